The second-order valence-corrected chi connectivity index (χ2v) is 8.45. The standard InChI is InChI=1S/C18H19Cl2N3O4S/c1-12-15(20)3-2-4-16(12)23-18(25)11-21-17(24)9-10-22-28(26,27)14-7-5-13(19)6-8-14/h2-8,22H,9-11H2,1H3,(H,21,24)(H,23,25). The van der Waals surface area contributed by atoms with E-state index in [2.05, 4.69) is 15.4 Å². The molecular weight excluding hydrogens is 425 g/mol. The Morgan fingerprint density at radius 3 is 2.36 bits per heavy atom. The van der Waals surface area contributed by atoms with Crippen molar-refractivity contribution in [3.05, 3.63) is 58.1 Å². The molecule has 150 valence electrons. The third kappa shape index (κ3) is 6.49. The van der Waals surface area contributed by atoms with Gasteiger partial charge < -0.3 is 10.6 Å². The van der Waals surface area contributed by atoms with Crippen LogP contribution in [0.4, 0.5) is 5.69 Å². The van der Waals surface area contributed by atoms with Gasteiger partial charge in [-0.2, -0.15) is 0 Å². The summed E-state index contributed by atoms with van der Waals surface area (Å²) in [5.41, 5.74) is 1.28. The summed E-state index contributed by atoms with van der Waals surface area (Å²) in [5, 5.41) is 6.03. The highest BCUT2D eigenvalue weighted by molar-refractivity contribution is 7.89. The molecule has 0 fully saturated rings. The van der Waals surface area contributed by atoms with Gasteiger partial charge in [0.1, 0.15) is 0 Å². The molecule has 0 bridgehead atoms. The number of benzene rings is 2. The lowest BCUT2D eigenvalue weighted by molar-refractivity contribution is -0.124. The highest BCUT2D eigenvalue weighted by Crippen LogP contribution is 2.22. The number of hydrogen-bond donors (Lipinski definition) is 3. The van der Waals surface area contributed by atoms with Crippen molar-refractivity contribution < 1.29 is 18.0 Å². The summed E-state index contributed by atoms with van der Waals surface area (Å²) < 4.78 is 26.5. The van der Waals surface area contributed by atoms with Crippen molar-refractivity contribution in [3.8, 4) is 0 Å². The fourth-order valence-electron chi connectivity index (χ4n) is 2.20. The quantitative estimate of drug-likeness (QED) is 0.583. The lowest BCUT2D eigenvalue weighted by Gasteiger charge is -2.10. The van der Waals surface area contributed by atoms with Crippen LogP contribution in [0.15, 0.2) is 47.4 Å². The molecule has 0 heterocycles. The molecule has 0 unspecified atom stereocenters. The first-order valence-electron chi connectivity index (χ1n) is 8.26. The number of anilines is 1. The van der Waals surface area contributed by atoms with Gasteiger partial charge in [0.25, 0.3) is 0 Å². The van der Waals surface area contributed by atoms with Gasteiger partial charge in [-0.05, 0) is 48.9 Å². The maximum absolute atomic E-state index is 12.1. The number of carbonyl (C=O) groups excluding carboxylic acids is 2. The monoisotopic (exact) mass is 443 g/mol. The molecule has 7 nitrogen and oxygen atoms in total. The average molecular weight is 444 g/mol. The maximum atomic E-state index is 12.1. The normalized spacial score (nSPS) is 11.1. The van der Waals surface area contributed by atoms with Gasteiger partial charge in [-0.3, -0.25) is 9.59 Å². The van der Waals surface area contributed by atoms with Gasteiger partial charge in [-0.15, -0.1) is 0 Å². The molecule has 2 aromatic rings. The largest absolute Gasteiger partial charge is 0.347 e. The Bertz CT molecular complexity index is 963. The van der Waals surface area contributed by atoms with Gasteiger partial charge in [-0.25, -0.2) is 13.1 Å². The third-order valence-electron chi connectivity index (χ3n) is 3.76. The summed E-state index contributed by atoms with van der Waals surface area (Å²) >= 11 is 11.7. The summed E-state index contributed by atoms with van der Waals surface area (Å²) in [6, 6.07) is 10.8. The Labute approximate surface area is 173 Å². The van der Waals surface area contributed by atoms with E-state index in [1.807, 2.05) is 0 Å². The van der Waals surface area contributed by atoms with Crippen LogP contribution in [0.2, 0.25) is 10.0 Å². The summed E-state index contributed by atoms with van der Waals surface area (Å²) in [7, 11) is -3.73. The average Bonchev–Trinajstić information content (AvgIpc) is 2.64. The number of sulfonamides is 1. The van der Waals surface area contributed by atoms with Gasteiger partial charge >= 0.3 is 0 Å². The van der Waals surface area contributed by atoms with E-state index in [-0.39, 0.29) is 24.4 Å². The molecule has 0 aliphatic heterocycles. The number of nitrogens with one attached hydrogen (secondary N) is 3. The predicted octanol–water partition coefficient (Wildman–Crippen LogP) is 2.73. The van der Waals surface area contributed by atoms with Crippen LogP contribution >= 0.6 is 23.2 Å². The lowest BCUT2D eigenvalue weighted by atomic mass is 10.2. The third-order valence-corrected chi connectivity index (χ3v) is 5.89. The molecule has 0 saturated heterocycles. The molecule has 0 saturated carbocycles. The molecule has 10 heteroatoms. The number of hydrogen-bond acceptors (Lipinski definition) is 4. The lowest BCUT2D eigenvalue weighted by Crippen LogP contribution is -2.35. The molecule has 0 aliphatic rings. The first-order valence-corrected chi connectivity index (χ1v) is 10.5. The zero-order valence-corrected chi connectivity index (χ0v) is 17.3. The minimum atomic E-state index is -3.73. The fraction of sp³-hybridized carbons (Fsp3) is 0.222. The van der Waals surface area contributed by atoms with Crippen LogP contribution in [-0.2, 0) is 19.6 Å². The van der Waals surface area contributed by atoms with E-state index in [0.717, 1.165) is 5.56 Å². The topological polar surface area (TPSA) is 104 Å². The predicted molar refractivity (Wildman–Crippen MR) is 109 cm³/mol. The van der Waals surface area contributed by atoms with Crippen LogP contribution < -0.4 is 15.4 Å². The molecule has 2 rings (SSSR count). The number of amides is 2. The summed E-state index contributed by atoms with van der Waals surface area (Å²) in [4.78, 5) is 23.8. The fourth-order valence-corrected chi connectivity index (χ4v) is 3.53. The minimum absolute atomic E-state index is 0.0496. The van der Waals surface area contributed by atoms with Crippen molar-refractivity contribution in [3.63, 3.8) is 0 Å². The van der Waals surface area contributed by atoms with E-state index in [0.29, 0.717) is 15.7 Å². The Balaban J connectivity index is 1.76. The summed E-state index contributed by atoms with van der Waals surface area (Å²) in [6.07, 6.45) is -0.115. The highest BCUT2D eigenvalue weighted by Gasteiger charge is 2.14. The Morgan fingerprint density at radius 1 is 1.00 bits per heavy atom. The number of halogens is 2. The smallest absolute Gasteiger partial charge is 0.243 e. The molecule has 0 aliphatic carbocycles. The van der Waals surface area contributed by atoms with Crippen LogP contribution in [0.5, 0.6) is 0 Å². The maximum Gasteiger partial charge on any atom is 0.243 e. The van der Waals surface area contributed by atoms with E-state index < -0.39 is 21.8 Å². The molecule has 0 radical (unpaired) electrons. The zero-order valence-electron chi connectivity index (χ0n) is 15.0. The second-order valence-electron chi connectivity index (χ2n) is 5.84. The molecule has 0 atom stereocenters. The van der Waals surface area contributed by atoms with Crippen molar-refractivity contribution in [2.75, 3.05) is 18.4 Å². The van der Waals surface area contributed by atoms with Crippen molar-refractivity contribution in [2.45, 2.75) is 18.2 Å². The minimum Gasteiger partial charge on any atom is -0.347 e. The molecule has 3 N–H and O–H groups in total. The van der Waals surface area contributed by atoms with E-state index in [9.17, 15) is 18.0 Å². The van der Waals surface area contributed by atoms with Crippen LogP contribution in [-0.4, -0.2) is 33.3 Å². The van der Waals surface area contributed by atoms with Crippen LogP contribution in [0.3, 0.4) is 0 Å². The number of carbonyl (C=O) groups is 2. The first kappa shape index (κ1) is 22.2. The van der Waals surface area contributed by atoms with Gasteiger partial charge in [0.15, 0.2) is 0 Å². The van der Waals surface area contributed by atoms with Gasteiger partial charge in [-0.1, -0.05) is 29.3 Å². The van der Waals surface area contributed by atoms with E-state index >= 15 is 0 Å². The van der Waals surface area contributed by atoms with E-state index in [1.165, 1.54) is 24.3 Å². The first-order chi connectivity index (χ1) is 13.2. The van der Waals surface area contributed by atoms with Gasteiger partial charge in [0.05, 0.1) is 11.4 Å². The Kier molecular flexibility index (Phi) is 7.82. The van der Waals surface area contributed by atoms with Crippen molar-refractivity contribution >= 4 is 50.7 Å². The Hall–Kier alpha value is -2.13. The summed E-state index contributed by atoms with van der Waals surface area (Å²) in [6.45, 7) is 1.42. The highest BCUT2D eigenvalue weighted by atomic mass is 35.5. The SMILES string of the molecule is Cc1c(Cl)cccc1NC(=O)CNC(=O)CCNS(=O)(=O)c1ccc(Cl)cc1. The van der Waals surface area contributed by atoms with Gasteiger partial charge in [0, 0.05) is 28.7 Å². The van der Waals surface area contributed by atoms with E-state index in [1.54, 1.807) is 25.1 Å². The molecule has 28 heavy (non-hydrogen) atoms. The second kappa shape index (κ2) is 9.88. The van der Waals surface area contributed by atoms with Crippen molar-refractivity contribution in [1.82, 2.24) is 10.0 Å². The number of rotatable bonds is 8. The summed E-state index contributed by atoms with van der Waals surface area (Å²) in [5.74, 6) is -0.878. The Morgan fingerprint density at radius 2 is 1.68 bits per heavy atom. The van der Waals surface area contributed by atoms with Crippen LogP contribution in [0.25, 0.3) is 0 Å². The van der Waals surface area contributed by atoms with Crippen molar-refractivity contribution in [2.24, 2.45) is 0 Å². The molecular formula is C18H19Cl2N3O4S. The molecule has 2 aromatic carbocycles. The van der Waals surface area contributed by atoms with Crippen LogP contribution in [0, 0.1) is 6.92 Å². The van der Waals surface area contributed by atoms with Crippen LogP contribution in [0.1, 0.15) is 12.0 Å². The van der Waals surface area contributed by atoms with E-state index in [4.69, 9.17) is 23.2 Å². The molecule has 0 aromatic heterocycles. The van der Waals surface area contributed by atoms with Crippen molar-refractivity contribution in [1.29, 1.82) is 0 Å². The molecule has 0 spiro atoms. The molecule has 2 amide bonds. The zero-order chi connectivity index (χ0) is 20.7. The van der Waals surface area contributed by atoms with Gasteiger partial charge in [0.2, 0.25) is 21.8 Å².